The molecule has 0 aliphatic carbocycles. The molecular formula is C20H18FNO4. The summed E-state index contributed by atoms with van der Waals surface area (Å²) in [5.74, 6) is 0.290. The minimum atomic E-state index is -0.587. The zero-order valence-electron chi connectivity index (χ0n) is 14.5. The Kier molecular flexibility index (Phi) is 5.31. The monoisotopic (exact) mass is 355 g/mol. The van der Waals surface area contributed by atoms with E-state index in [1.807, 2.05) is 13.8 Å². The average Bonchev–Trinajstić information content (AvgIpc) is 2.98. The van der Waals surface area contributed by atoms with E-state index < -0.39 is 11.8 Å². The number of cyclic esters (lactones) is 1. The first-order valence-electron chi connectivity index (χ1n) is 8.29. The van der Waals surface area contributed by atoms with Crippen LogP contribution in [-0.4, -0.2) is 25.1 Å². The first-order valence-corrected chi connectivity index (χ1v) is 8.29. The highest BCUT2D eigenvalue weighted by atomic mass is 19.1. The van der Waals surface area contributed by atoms with Crippen LogP contribution in [0, 0.1) is 5.82 Å². The Morgan fingerprint density at radius 3 is 2.58 bits per heavy atom. The summed E-state index contributed by atoms with van der Waals surface area (Å²) in [6, 6.07) is 11.1. The lowest BCUT2D eigenvalue weighted by Gasteiger charge is -2.11. The van der Waals surface area contributed by atoms with Crippen molar-refractivity contribution in [1.29, 1.82) is 0 Å². The van der Waals surface area contributed by atoms with Gasteiger partial charge in [0.15, 0.2) is 17.2 Å². The molecule has 6 heteroatoms. The van der Waals surface area contributed by atoms with E-state index in [4.69, 9.17) is 14.2 Å². The molecule has 1 heterocycles. The second-order valence-electron chi connectivity index (χ2n) is 5.42. The third kappa shape index (κ3) is 3.91. The fraction of sp³-hybridized carbons (Fsp3) is 0.200. The number of benzene rings is 2. The van der Waals surface area contributed by atoms with Gasteiger partial charge in [-0.3, -0.25) is 0 Å². The molecule has 3 rings (SSSR count). The number of rotatable bonds is 6. The Hall–Kier alpha value is -3.15. The summed E-state index contributed by atoms with van der Waals surface area (Å²) < 4.78 is 29.6. The van der Waals surface area contributed by atoms with Gasteiger partial charge >= 0.3 is 5.97 Å². The van der Waals surface area contributed by atoms with E-state index in [-0.39, 0.29) is 11.6 Å². The van der Waals surface area contributed by atoms with Crippen molar-refractivity contribution < 1.29 is 23.4 Å². The maximum absolute atomic E-state index is 13.3. The molecule has 0 saturated heterocycles. The summed E-state index contributed by atoms with van der Waals surface area (Å²) in [7, 11) is 0. The van der Waals surface area contributed by atoms with E-state index in [1.54, 1.807) is 30.3 Å². The maximum atomic E-state index is 13.3. The van der Waals surface area contributed by atoms with E-state index >= 15 is 0 Å². The molecule has 0 fully saturated rings. The van der Waals surface area contributed by atoms with Gasteiger partial charge in [-0.1, -0.05) is 12.1 Å². The quantitative estimate of drug-likeness (QED) is 0.581. The maximum Gasteiger partial charge on any atom is 0.363 e. The van der Waals surface area contributed by atoms with Crippen LogP contribution in [0.25, 0.3) is 6.08 Å². The van der Waals surface area contributed by atoms with Gasteiger partial charge in [-0.05, 0) is 55.8 Å². The number of carbonyl (C=O) groups excluding carboxylic acids is 1. The zero-order chi connectivity index (χ0) is 18.5. The van der Waals surface area contributed by atoms with Crippen molar-refractivity contribution in [2.45, 2.75) is 13.8 Å². The van der Waals surface area contributed by atoms with Gasteiger partial charge in [-0.25, -0.2) is 14.2 Å². The number of halogens is 1. The lowest BCUT2D eigenvalue weighted by molar-refractivity contribution is -0.129. The van der Waals surface area contributed by atoms with Crippen LogP contribution in [0.4, 0.5) is 4.39 Å². The fourth-order valence-electron chi connectivity index (χ4n) is 2.47. The van der Waals surface area contributed by atoms with E-state index in [2.05, 4.69) is 4.99 Å². The highest BCUT2D eigenvalue weighted by Gasteiger charge is 2.24. The molecule has 5 nitrogen and oxygen atoms in total. The lowest BCUT2D eigenvalue weighted by atomic mass is 10.1. The zero-order valence-corrected chi connectivity index (χ0v) is 14.5. The number of esters is 1. The van der Waals surface area contributed by atoms with Crippen LogP contribution in [0.3, 0.4) is 0 Å². The molecule has 0 radical (unpaired) electrons. The normalized spacial score (nSPS) is 15.0. The Labute approximate surface area is 150 Å². The Morgan fingerprint density at radius 2 is 1.85 bits per heavy atom. The van der Waals surface area contributed by atoms with Crippen LogP contribution in [0.2, 0.25) is 0 Å². The van der Waals surface area contributed by atoms with Crippen molar-refractivity contribution in [1.82, 2.24) is 0 Å². The smallest absolute Gasteiger partial charge is 0.363 e. The molecule has 2 aromatic carbocycles. The number of ether oxygens (including phenoxy) is 3. The molecule has 1 aliphatic rings. The van der Waals surface area contributed by atoms with Crippen molar-refractivity contribution in [3.05, 3.63) is 65.1 Å². The molecular weight excluding hydrogens is 337 g/mol. The molecule has 0 atom stereocenters. The summed E-state index contributed by atoms with van der Waals surface area (Å²) in [6.07, 6.45) is 1.59. The summed E-state index contributed by atoms with van der Waals surface area (Å²) in [5.41, 5.74) is 1.26. The van der Waals surface area contributed by atoms with Gasteiger partial charge in [0.25, 0.3) is 0 Å². The Balaban J connectivity index is 1.91. The van der Waals surface area contributed by atoms with Crippen LogP contribution in [0.15, 0.2) is 53.2 Å². The van der Waals surface area contributed by atoms with Crippen LogP contribution in [-0.2, 0) is 9.53 Å². The van der Waals surface area contributed by atoms with Crippen molar-refractivity contribution in [3.63, 3.8) is 0 Å². The fourth-order valence-corrected chi connectivity index (χ4v) is 2.47. The molecule has 0 aromatic heterocycles. The number of hydrogen-bond acceptors (Lipinski definition) is 5. The van der Waals surface area contributed by atoms with Gasteiger partial charge in [-0.2, -0.15) is 0 Å². The molecule has 0 N–H and O–H groups in total. The van der Waals surface area contributed by atoms with E-state index in [9.17, 15) is 9.18 Å². The van der Waals surface area contributed by atoms with E-state index in [0.717, 1.165) is 0 Å². The lowest BCUT2D eigenvalue weighted by Crippen LogP contribution is -2.05. The predicted octanol–water partition coefficient (Wildman–Crippen LogP) is 3.97. The third-order valence-corrected chi connectivity index (χ3v) is 3.56. The molecule has 0 amide bonds. The molecule has 134 valence electrons. The van der Waals surface area contributed by atoms with Crippen LogP contribution in [0.1, 0.15) is 25.0 Å². The molecule has 0 spiro atoms. The second-order valence-corrected chi connectivity index (χ2v) is 5.42. The Bertz CT molecular complexity index is 889. The third-order valence-electron chi connectivity index (χ3n) is 3.56. The number of carbonyl (C=O) groups is 1. The molecule has 0 bridgehead atoms. The molecule has 26 heavy (non-hydrogen) atoms. The first kappa shape index (κ1) is 17.7. The van der Waals surface area contributed by atoms with Gasteiger partial charge in [0.05, 0.1) is 13.2 Å². The van der Waals surface area contributed by atoms with E-state index in [0.29, 0.717) is 35.8 Å². The van der Waals surface area contributed by atoms with Crippen molar-refractivity contribution in [3.8, 4) is 11.5 Å². The summed E-state index contributed by atoms with van der Waals surface area (Å²) in [6.45, 7) is 4.78. The summed E-state index contributed by atoms with van der Waals surface area (Å²) in [4.78, 5) is 16.2. The van der Waals surface area contributed by atoms with Gasteiger partial charge in [0.2, 0.25) is 5.90 Å². The van der Waals surface area contributed by atoms with Gasteiger partial charge < -0.3 is 14.2 Å². The second kappa shape index (κ2) is 7.82. The standard InChI is InChI=1S/C20H18FNO4/c1-3-24-17-9-8-13(11-18(17)25-4-2)10-16-20(23)26-19(22-16)14-6-5-7-15(21)12-14/h5-12H,3-4H2,1-2H3/b16-10-. The van der Waals surface area contributed by atoms with Gasteiger partial charge in [0, 0.05) is 5.56 Å². The van der Waals surface area contributed by atoms with Crippen LogP contribution < -0.4 is 9.47 Å². The number of nitrogens with zero attached hydrogens (tertiary/aromatic N) is 1. The van der Waals surface area contributed by atoms with Crippen molar-refractivity contribution >= 4 is 17.9 Å². The topological polar surface area (TPSA) is 57.1 Å². The van der Waals surface area contributed by atoms with Crippen molar-refractivity contribution in [2.24, 2.45) is 4.99 Å². The number of hydrogen-bond donors (Lipinski definition) is 0. The minimum absolute atomic E-state index is 0.0803. The van der Waals surface area contributed by atoms with E-state index in [1.165, 1.54) is 18.2 Å². The SMILES string of the molecule is CCOc1ccc(/C=C2\N=C(c3cccc(F)c3)OC2=O)cc1OCC. The molecule has 0 unspecified atom stereocenters. The molecule has 2 aromatic rings. The highest BCUT2D eigenvalue weighted by molar-refractivity contribution is 6.12. The first-order chi connectivity index (χ1) is 12.6. The predicted molar refractivity (Wildman–Crippen MR) is 95.8 cm³/mol. The van der Waals surface area contributed by atoms with Gasteiger partial charge in [0.1, 0.15) is 5.82 Å². The largest absolute Gasteiger partial charge is 0.490 e. The summed E-state index contributed by atoms with van der Waals surface area (Å²) in [5, 5.41) is 0. The molecule has 1 aliphatic heterocycles. The number of aliphatic imine (C=N–C) groups is 1. The van der Waals surface area contributed by atoms with Crippen LogP contribution in [0.5, 0.6) is 11.5 Å². The minimum Gasteiger partial charge on any atom is -0.490 e. The Morgan fingerprint density at radius 1 is 1.08 bits per heavy atom. The highest BCUT2D eigenvalue weighted by Crippen LogP contribution is 2.30. The van der Waals surface area contributed by atoms with Gasteiger partial charge in [-0.15, -0.1) is 0 Å². The van der Waals surface area contributed by atoms with Crippen molar-refractivity contribution in [2.75, 3.05) is 13.2 Å². The molecule has 0 saturated carbocycles. The van der Waals surface area contributed by atoms with Crippen LogP contribution >= 0.6 is 0 Å². The average molecular weight is 355 g/mol. The summed E-state index contributed by atoms with van der Waals surface area (Å²) >= 11 is 0.